The van der Waals surface area contributed by atoms with E-state index in [4.69, 9.17) is 18.9 Å². The molecule has 0 radical (unpaired) electrons. The van der Waals surface area contributed by atoms with Crippen LogP contribution in [-0.2, 0) is 28.5 Å². The molecule has 0 unspecified atom stereocenters. The minimum atomic E-state index is -1.97. The Morgan fingerprint density at radius 2 is 1.77 bits per heavy atom. The lowest BCUT2D eigenvalue weighted by Gasteiger charge is -2.63. The fourth-order valence-corrected chi connectivity index (χ4v) is 8.75. The Bertz CT molecular complexity index is 1050. The molecular weight excluding hydrogens is 503 g/mol. The van der Waals surface area contributed by atoms with Crippen molar-refractivity contribution in [3.8, 4) is 0 Å². The highest BCUT2D eigenvalue weighted by atomic mass is 19.1. The maximum Gasteiger partial charge on any atom is 0.414 e. The molecule has 0 bridgehead atoms. The Kier molecular flexibility index (Phi) is 7.54. The van der Waals surface area contributed by atoms with Crippen molar-refractivity contribution in [3.63, 3.8) is 0 Å². The number of aliphatic hydroxyl groups is 1. The van der Waals surface area contributed by atoms with Gasteiger partial charge in [-0.15, -0.1) is 0 Å². The van der Waals surface area contributed by atoms with Crippen molar-refractivity contribution < 1.29 is 38.0 Å². The predicted molar refractivity (Wildman–Crippen MR) is 142 cm³/mol. The second-order valence-corrected chi connectivity index (χ2v) is 12.9. The molecule has 0 aromatic rings. The molecule has 4 aliphatic carbocycles. The Morgan fingerprint density at radius 1 is 1.10 bits per heavy atom. The Morgan fingerprint density at radius 3 is 2.41 bits per heavy atom. The molecule has 1 N–H and O–H groups in total. The van der Waals surface area contributed by atoms with Crippen molar-refractivity contribution >= 4 is 11.6 Å². The molecule has 1 spiro atoms. The van der Waals surface area contributed by atoms with Crippen LogP contribution in [0.1, 0.15) is 86.0 Å². The third-order valence-corrected chi connectivity index (χ3v) is 10.8. The van der Waals surface area contributed by atoms with Gasteiger partial charge in [0, 0.05) is 16.7 Å². The summed E-state index contributed by atoms with van der Waals surface area (Å²) in [5.41, 5.74) is -4.54. The topological polar surface area (TPSA) is 91.3 Å². The number of ether oxygens (including phenoxy) is 4. The summed E-state index contributed by atoms with van der Waals surface area (Å²) in [5, 5.41) is 11.7. The van der Waals surface area contributed by atoms with Gasteiger partial charge in [0.25, 0.3) is 0 Å². The molecule has 5 aliphatic rings. The third kappa shape index (κ3) is 3.99. The molecule has 7 nitrogen and oxygen atoms in total. The summed E-state index contributed by atoms with van der Waals surface area (Å²) < 4.78 is 42.4. The molecule has 0 aromatic carbocycles. The fraction of sp³-hybridized carbons (Fsp3) is 0.806. The van der Waals surface area contributed by atoms with Crippen LogP contribution in [0.15, 0.2) is 23.8 Å². The van der Waals surface area contributed by atoms with E-state index >= 15 is 4.39 Å². The summed E-state index contributed by atoms with van der Waals surface area (Å²) >= 11 is 0. The van der Waals surface area contributed by atoms with Gasteiger partial charge in [0.15, 0.2) is 17.2 Å². The van der Waals surface area contributed by atoms with Gasteiger partial charge in [-0.1, -0.05) is 52.2 Å². The van der Waals surface area contributed by atoms with Gasteiger partial charge in [-0.2, -0.15) is 0 Å². The lowest BCUT2D eigenvalue weighted by atomic mass is 9.44. The second kappa shape index (κ2) is 10.1. The molecule has 8 heteroatoms. The standard InChI is InChI=1S/C31H45FO7/c1-6-8-14-36-31(37-15-9-7-2)38-19-26(35)30(39-31)20(3)16-24-23-11-10-21-17-22(33)12-13-27(21,4)29(23,32)25(34)18-28(24,30)5/h12-13,17,20,23-25,34H,6-11,14-16,18-19H2,1-5H3/t20-,23+,24+,25+,27+,28+,29+,30+/m1/s1. The van der Waals surface area contributed by atoms with Crippen LogP contribution in [0.5, 0.6) is 0 Å². The average Bonchev–Trinajstić information content (AvgIpc) is 3.10. The minimum absolute atomic E-state index is 0.0470. The van der Waals surface area contributed by atoms with Crippen LogP contribution >= 0.6 is 0 Å². The van der Waals surface area contributed by atoms with E-state index in [0.717, 1.165) is 31.3 Å². The molecule has 1 heterocycles. The van der Waals surface area contributed by atoms with E-state index in [1.54, 1.807) is 13.0 Å². The number of Topliss-reactive ketones (excluding diaryl/α,β-unsaturated/α-hetero) is 1. The first-order valence-corrected chi connectivity index (χ1v) is 14.9. The van der Waals surface area contributed by atoms with E-state index in [-0.39, 0.29) is 36.4 Å². The summed E-state index contributed by atoms with van der Waals surface area (Å²) in [5.74, 6) is -1.36. The Labute approximate surface area is 231 Å². The zero-order valence-corrected chi connectivity index (χ0v) is 24.1. The van der Waals surface area contributed by atoms with Gasteiger partial charge < -0.3 is 14.6 Å². The van der Waals surface area contributed by atoms with Gasteiger partial charge in [-0.25, -0.2) is 4.39 Å². The number of hydrogen-bond donors (Lipinski definition) is 1. The van der Waals surface area contributed by atoms with E-state index in [0.29, 0.717) is 32.5 Å². The highest BCUT2D eigenvalue weighted by molar-refractivity contribution is 6.01. The van der Waals surface area contributed by atoms with Crippen LogP contribution in [0.3, 0.4) is 0 Å². The van der Waals surface area contributed by atoms with Crippen LogP contribution in [0.2, 0.25) is 0 Å². The molecule has 1 saturated heterocycles. The summed E-state index contributed by atoms with van der Waals surface area (Å²) in [6.45, 7) is 10.3. The smallest absolute Gasteiger partial charge is 0.390 e. The fourth-order valence-electron chi connectivity index (χ4n) is 8.75. The van der Waals surface area contributed by atoms with Crippen molar-refractivity contribution in [2.45, 2.75) is 110 Å². The number of carbonyl (C=O) groups excluding carboxylic acids is 2. The van der Waals surface area contributed by atoms with Gasteiger partial charge in [-0.05, 0) is 69.4 Å². The number of rotatable bonds is 8. The number of ketones is 2. The number of carbonyl (C=O) groups is 2. The van der Waals surface area contributed by atoms with Crippen LogP contribution in [-0.4, -0.2) is 60.0 Å². The molecule has 0 aromatic heterocycles. The van der Waals surface area contributed by atoms with E-state index in [2.05, 4.69) is 13.8 Å². The molecule has 0 amide bonds. The van der Waals surface area contributed by atoms with Crippen LogP contribution in [0, 0.1) is 28.6 Å². The maximum atomic E-state index is 17.6. The quantitative estimate of drug-likeness (QED) is 0.329. The van der Waals surface area contributed by atoms with E-state index in [1.165, 1.54) is 12.2 Å². The number of aliphatic hydroxyl groups excluding tert-OH is 1. The van der Waals surface area contributed by atoms with E-state index < -0.39 is 40.3 Å². The van der Waals surface area contributed by atoms with Crippen molar-refractivity contribution in [1.29, 1.82) is 0 Å². The SMILES string of the molecule is CCCCOC1(OCCCC)OCC(=O)[C@@]2(O1)[C@H](C)C[C@H]1[C@@H]3CCC4=CC(=O)C=C[C@]4(C)[C@@]3(F)[C@@H](O)C[C@@]12C. The molecule has 3 saturated carbocycles. The third-order valence-electron chi connectivity index (χ3n) is 10.8. The molecule has 4 fully saturated rings. The summed E-state index contributed by atoms with van der Waals surface area (Å²) in [4.78, 5) is 26.0. The number of allylic oxidation sites excluding steroid dienone is 4. The summed E-state index contributed by atoms with van der Waals surface area (Å²) in [7, 11) is 0. The Hall–Kier alpha value is -1.45. The first-order valence-electron chi connectivity index (χ1n) is 14.9. The van der Waals surface area contributed by atoms with E-state index in [1.807, 2.05) is 13.8 Å². The number of halogens is 1. The van der Waals surface area contributed by atoms with Crippen molar-refractivity contribution in [1.82, 2.24) is 0 Å². The predicted octanol–water partition coefficient (Wildman–Crippen LogP) is 5.20. The van der Waals surface area contributed by atoms with Crippen molar-refractivity contribution in [2.75, 3.05) is 19.8 Å². The number of alkyl halides is 1. The summed E-state index contributed by atoms with van der Waals surface area (Å²) in [6.07, 6.45) is 6.50. The highest BCUT2D eigenvalue weighted by Crippen LogP contribution is 2.72. The van der Waals surface area contributed by atoms with Gasteiger partial charge in [0.2, 0.25) is 0 Å². The van der Waals surface area contributed by atoms with E-state index in [9.17, 15) is 14.7 Å². The lowest BCUT2D eigenvalue weighted by molar-refractivity contribution is -0.533. The van der Waals surface area contributed by atoms with Gasteiger partial charge in [0.05, 0.1) is 19.3 Å². The monoisotopic (exact) mass is 548 g/mol. The summed E-state index contributed by atoms with van der Waals surface area (Å²) in [6, 6.07) is 0. The zero-order chi connectivity index (χ0) is 28.3. The zero-order valence-electron chi connectivity index (χ0n) is 24.1. The van der Waals surface area contributed by atoms with Crippen molar-refractivity contribution in [3.05, 3.63) is 23.8 Å². The highest BCUT2D eigenvalue weighted by Gasteiger charge is 2.78. The molecular formula is C31H45FO7. The van der Waals surface area contributed by atoms with Crippen LogP contribution in [0.4, 0.5) is 4.39 Å². The largest absolute Gasteiger partial charge is 0.414 e. The first kappa shape index (κ1) is 29.1. The van der Waals surface area contributed by atoms with Gasteiger partial charge >= 0.3 is 6.16 Å². The normalized spacial score (nSPS) is 44.6. The number of fused-ring (bicyclic) bond motifs is 6. The maximum absolute atomic E-state index is 17.6. The minimum Gasteiger partial charge on any atom is -0.390 e. The average molecular weight is 549 g/mol. The lowest BCUT2D eigenvalue weighted by Crippen LogP contribution is -2.72. The van der Waals surface area contributed by atoms with Crippen LogP contribution < -0.4 is 0 Å². The number of hydrogen-bond acceptors (Lipinski definition) is 7. The molecule has 39 heavy (non-hydrogen) atoms. The first-order chi connectivity index (χ1) is 18.4. The van der Waals surface area contributed by atoms with Crippen molar-refractivity contribution in [2.24, 2.45) is 28.6 Å². The molecule has 1 aliphatic heterocycles. The molecule has 5 rings (SSSR count). The molecule has 8 atom stereocenters. The van der Waals surface area contributed by atoms with Crippen LogP contribution in [0.25, 0.3) is 0 Å². The van der Waals surface area contributed by atoms with Gasteiger partial charge in [0.1, 0.15) is 12.2 Å². The number of unbranched alkanes of at least 4 members (excludes halogenated alkanes) is 2. The Balaban J connectivity index is 1.54. The second-order valence-electron chi connectivity index (χ2n) is 12.9. The molecule has 218 valence electrons. The van der Waals surface area contributed by atoms with Gasteiger partial charge in [-0.3, -0.25) is 19.1 Å².